The molecule has 0 fully saturated rings. The van der Waals surface area contributed by atoms with E-state index in [1.807, 2.05) is 0 Å². The number of methoxy groups -OCH3 is 1. The second kappa shape index (κ2) is 10.1. The van der Waals surface area contributed by atoms with Crippen molar-refractivity contribution >= 4 is 16.0 Å². The monoisotopic (exact) mass is 342 g/mol. The van der Waals surface area contributed by atoms with Crippen LogP contribution in [-0.2, 0) is 14.4 Å². The molecule has 0 saturated carbocycles. The normalized spacial score (nSPS) is 12.2. The zero-order valence-corrected chi connectivity index (χ0v) is 14.6. The van der Waals surface area contributed by atoms with Crippen LogP contribution in [0.15, 0.2) is 29.4 Å². The third-order valence-electron chi connectivity index (χ3n) is 3.38. The van der Waals surface area contributed by atoms with Crippen LogP contribution in [0.25, 0.3) is 0 Å². The molecule has 0 unspecified atom stereocenters. The average Bonchev–Trinajstić information content (AvgIpc) is 2.56. The van der Waals surface area contributed by atoms with Crippen molar-refractivity contribution < 1.29 is 17.4 Å². The van der Waals surface area contributed by atoms with Gasteiger partial charge in [-0.1, -0.05) is 39.0 Å². The summed E-state index contributed by atoms with van der Waals surface area (Å²) in [4.78, 5) is 0. The Morgan fingerprint density at radius 2 is 1.70 bits per heavy atom. The fourth-order valence-corrected chi connectivity index (χ4v) is 2.83. The highest BCUT2D eigenvalue weighted by Gasteiger charge is 2.11. The van der Waals surface area contributed by atoms with Crippen molar-refractivity contribution in [1.82, 2.24) is 0 Å². The molecule has 0 aliphatic heterocycles. The number of hydrogen-bond acceptors (Lipinski definition) is 5. The van der Waals surface area contributed by atoms with Crippen molar-refractivity contribution in [1.29, 1.82) is 0 Å². The molecule has 0 aliphatic carbocycles. The lowest BCUT2D eigenvalue weighted by molar-refractivity contribution is 0.337. The van der Waals surface area contributed by atoms with Crippen LogP contribution in [0.5, 0.6) is 5.75 Å². The summed E-state index contributed by atoms with van der Waals surface area (Å²) in [5, 5.41) is 3.52. The Morgan fingerprint density at radius 1 is 1.09 bits per heavy atom. The number of nitrogens with zero attached hydrogens (tertiary/aromatic N) is 1. The van der Waals surface area contributed by atoms with Gasteiger partial charge in [0.05, 0.1) is 12.9 Å². The van der Waals surface area contributed by atoms with Crippen LogP contribution >= 0.6 is 0 Å². The SMILES string of the molecule is CCCCCCCCS(=O)(=O)O/N=C(\N)c1ccc(OC)cc1. The van der Waals surface area contributed by atoms with E-state index in [-0.39, 0.29) is 11.6 Å². The fourth-order valence-electron chi connectivity index (χ4n) is 2.01. The van der Waals surface area contributed by atoms with Gasteiger partial charge < -0.3 is 10.5 Å². The lowest BCUT2D eigenvalue weighted by atomic mass is 10.1. The molecular weight excluding hydrogens is 316 g/mol. The van der Waals surface area contributed by atoms with Gasteiger partial charge in [-0.2, -0.15) is 8.42 Å². The van der Waals surface area contributed by atoms with E-state index in [0.717, 1.165) is 19.3 Å². The van der Waals surface area contributed by atoms with E-state index in [1.165, 1.54) is 12.8 Å². The van der Waals surface area contributed by atoms with Crippen LogP contribution < -0.4 is 10.5 Å². The number of hydrogen-bond donors (Lipinski definition) is 1. The van der Waals surface area contributed by atoms with E-state index in [1.54, 1.807) is 31.4 Å². The molecule has 1 aromatic rings. The summed E-state index contributed by atoms with van der Waals surface area (Å²) in [6.45, 7) is 2.14. The standard InChI is InChI=1S/C16H26N2O4S/c1-3-4-5-6-7-8-13-23(19,20)22-18-16(17)14-9-11-15(21-2)12-10-14/h9-12H,3-8,13H2,1-2H3,(H2,17,18). The predicted octanol–water partition coefficient (Wildman–Crippen LogP) is 3.02. The number of benzene rings is 1. The van der Waals surface area contributed by atoms with Gasteiger partial charge in [-0.05, 0) is 35.8 Å². The number of nitrogens with two attached hydrogens (primary N) is 1. The van der Waals surface area contributed by atoms with Gasteiger partial charge in [0, 0.05) is 5.56 Å². The van der Waals surface area contributed by atoms with Gasteiger partial charge in [0.2, 0.25) is 0 Å². The average molecular weight is 342 g/mol. The summed E-state index contributed by atoms with van der Waals surface area (Å²) in [6, 6.07) is 6.79. The topological polar surface area (TPSA) is 91.0 Å². The Bertz CT molecular complexity index is 583. The minimum Gasteiger partial charge on any atom is -0.497 e. The minimum atomic E-state index is -3.68. The van der Waals surface area contributed by atoms with Gasteiger partial charge in [-0.15, -0.1) is 0 Å². The lowest BCUT2D eigenvalue weighted by Gasteiger charge is -2.04. The maximum atomic E-state index is 11.8. The second-order valence-electron chi connectivity index (χ2n) is 5.31. The highest BCUT2D eigenvalue weighted by Crippen LogP contribution is 2.12. The summed E-state index contributed by atoms with van der Waals surface area (Å²) in [5.41, 5.74) is 6.29. The molecule has 0 atom stereocenters. The van der Waals surface area contributed by atoms with E-state index in [2.05, 4.69) is 16.4 Å². The van der Waals surface area contributed by atoms with E-state index < -0.39 is 10.1 Å². The molecule has 6 nitrogen and oxygen atoms in total. The molecule has 23 heavy (non-hydrogen) atoms. The van der Waals surface area contributed by atoms with Crippen LogP contribution in [0.1, 0.15) is 51.0 Å². The molecule has 0 spiro atoms. The first-order chi connectivity index (χ1) is 11.0. The Morgan fingerprint density at radius 3 is 2.30 bits per heavy atom. The quantitative estimate of drug-likeness (QED) is 0.289. The van der Waals surface area contributed by atoms with Crippen LogP contribution in [0.2, 0.25) is 0 Å². The van der Waals surface area contributed by atoms with Crippen molar-refractivity contribution in [3.8, 4) is 5.75 Å². The maximum absolute atomic E-state index is 11.8. The zero-order valence-electron chi connectivity index (χ0n) is 13.8. The number of ether oxygens (including phenoxy) is 1. The smallest absolute Gasteiger partial charge is 0.328 e. The van der Waals surface area contributed by atoms with Crippen molar-refractivity contribution in [3.05, 3.63) is 29.8 Å². The summed E-state index contributed by atoms with van der Waals surface area (Å²) in [5.74, 6) is 0.649. The lowest BCUT2D eigenvalue weighted by Crippen LogP contribution is -2.16. The zero-order chi connectivity index (χ0) is 17.1. The third kappa shape index (κ3) is 7.88. The molecule has 0 radical (unpaired) electrons. The van der Waals surface area contributed by atoms with E-state index in [9.17, 15) is 8.42 Å². The van der Waals surface area contributed by atoms with Crippen molar-refractivity contribution in [2.45, 2.75) is 45.4 Å². The number of oxime groups is 1. The third-order valence-corrected chi connectivity index (χ3v) is 4.47. The molecule has 130 valence electrons. The maximum Gasteiger partial charge on any atom is 0.328 e. The van der Waals surface area contributed by atoms with Gasteiger partial charge in [-0.3, -0.25) is 4.28 Å². The van der Waals surface area contributed by atoms with Gasteiger partial charge in [0.1, 0.15) is 5.75 Å². The summed E-state index contributed by atoms with van der Waals surface area (Å²) in [6.07, 6.45) is 5.98. The molecule has 0 aliphatic rings. The van der Waals surface area contributed by atoms with Gasteiger partial charge >= 0.3 is 10.1 Å². The Hall–Kier alpha value is -1.76. The summed E-state index contributed by atoms with van der Waals surface area (Å²) >= 11 is 0. The first-order valence-electron chi connectivity index (χ1n) is 7.87. The Labute approximate surface area is 138 Å². The van der Waals surface area contributed by atoms with Crippen molar-refractivity contribution in [2.75, 3.05) is 12.9 Å². The summed E-state index contributed by atoms with van der Waals surface area (Å²) < 4.78 is 33.2. The van der Waals surface area contributed by atoms with Crippen LogP contribution in [-0.4, -0.2) is 27.1 Å². The first kappa shape index (κ1) is 19.3. The number of rotatable bonds is 11. The fraction of sp³-hybridized carbons (Fsp3) is 0.562. The van der Waals surface area contributed by atoms with Crippen molar-refractivity contribution in [2.24, 2.45) is 10.9 Å². The van der Waals surface area contributed by atoms with Crippen LogP contribution in [0, 0.1) is 0 Å². The van der Waals surface area contributed by atoms with Crippen LogP contribution in [0.3, 0.4) is 0 Å². The highest BCUT2D eigenvalue weighted by atomic mass is 32.2. The number of unbranched alkanes of at least 4 members (excludes halogenated alkanes) is 5. The van der Waals surface area contributed by atoms with Gasteiger partial charge in [0.15, 0.2) is 5.84 Å². The molecule has 2 N–H and O–H groups in total. The molecule has 1 rings (SSSR count). The van der Waals surface area contributed by atoms with Crippen molar-refractivity contribution in [3.63, 3.8) is 0 Å². The van der Waals surface area contributed by atoms with Gasteiger partial charge in [-0.25, -0.2) is 0 Å². The van der Waals surface area contributed by atoms with E-state index in [4.69, 9.17) is 10.5 Å². The van der Waals surface area contributed by atoms with E-state index >= 15 is 0 Å². The van der Waals surface area contributed by atoms with E-state index in [0.29, 0.717) is 17.7 Å². The molecular formula is C16H26N2O4S. The first-order valence-corrected chi connectivity index (χ1v) is 9.45. The highest BCUT2D eigenvalue weighted by molar-refractivity contribution is 7.86. The largest absolute Gasteiger partial charge is 0.497 e. The van der Waals surface area contributed by atoms with Crippen LogP contribution in [0.4, 0.5) is 0 Å². The molecule has 7 heteroatoms. The molecule has 0 amide bonds. The minimum absolute atomic E-state index is 0.0131. The number of amidine groups is 1. The Kier molecular flexibility index (Phi) is 8.47. The molecule has 0 bridgehead atoms. The molecule has 0 heterocycles. The summed E-state index contributed by atoms with van der Waals surface area (Å²) in [7, 11) is -2.12. The molecule has 0 saturated heterocycles. The Balaban J connectivity index is 2.43. The molecule has 0 aromatic heterocycles. The molecule has 1 aromatic carbocycles. The second-order valence-corrected chi connectivity index (χ2v) is 6.98. The predicted molar refractivity (Wildman–Crippen MR) is 92.0 cm³/mol. The van der Waals surface area contributed by atoms with Gasteiger partial charge in [0.25, 0.3) is 0 Å².